The summed E-state index contributed by atoms with van der Waals surface area (Å²) in [5.41, 5.74) is 0.367. The van der Waals surface area contributed by atoms with Crippen LogP contribution in [0.3, 0.4) is 0 Å². The molecular weight excluding hydrogens is 244 g/mol. The first-order chi connectivity index (χ1) is 8.08. The van der Waals surface area contributed by atoms with Gasteiger partial charge in [-0.1, -0.05) is 29.8 Å². The Kier molecular flexibility index (Phi) is 3.45. The molecule has 0 radical (unpaired) electrons. The lowest BCUT2D eigenvalue weighted by molar-refractivity contribution is 0.588. The Labute approximate surface area is 103 Å². The summed E-state index contributed by atoms with van der Waals surface area (Å²) >= 11 is 5.61. The molecule has 0 heterocycles. The Balaban J connectivity index is 2.40. The third kappa shape index (κ3) is 2.65. The molecule has 2 aromatic carbocycles. The van der Waals surface area contributed by atoms with E-state index in [0.717, 1.165) is 6.07 Å². The highest BCUT2D eigenvalue weighted by Crippen LogP contribution is 2.08. The van der Waals surface area contributed by atoms with Crippen LogP contribution < -0.4 is 10.9 Å². The molecule has 0 aliphatic rings. The third-order valence-corrected chi connectivity index (χ3v) is 2.66. The highest BCUT2D eigenvalue weighted by Gasteiger charge is 2.21. The van der Waals surface area contributed by atoms with Crippen LogP contribution in [0.4, 0.5) is 8.78 Å². The lowest BCUT2D eigenvalue weighted by Gasteiger charge is -2.08. The molecule has 0 spiro atoms. The van der Waals surface area contributed by atoms with E-state index < -0.39 is 18.6 Å². The molecule has 0 amide bonds. The molecule has 0 aliphatic heterocycles. The summed E-state index contributed by atoms with van der Waals surface area (Å²) in [7, 11) is 0. The van der Waals surface area contributed by atoms with Gasteiger partial charge < -0.3 is 5.02 Å². The molecule has 2 rings (SSSR count). The van der Waals surface area contributed by atoms with Crippen LogP contribution in [0.1, 0.15) is 0 Å². The smallest absolute Gasteiger partial charge is 0.362 e. The summed E-state index contributed by atoms with van der Waals surface area (Å²) in [6, 6.07) is 9.38. The third-order valence-electron chi connectivity index (χ3n) is 2.42. The number of benzene rings is 2. The normalized spacial score (nSPS) is 10.4. The molecule has 0 aliphatic carbocycles. The second kappa shape index (κ2) is 4.86. The van der Waals surface area contributed by atoms with E-state index in [2.05, 4.69) is 0 Å². The Morgan fingerprint density at radius 2 is 1.82 bits per heavy atom. The highest BCUT2D eigenvalue weighted by atomic mass is 35.5. The molecule has 0 aromatic heterocycles. The minimum Gasteiger partial charge on any atom is -0.443 e. The summed E-state index contributed by atoms with van der Waals surface area (Å²) in [5.74, 6) is -1.09. The van der Waals surface area contributed by atoms with Crippen molar-refractivity contribution in [2.24, 2.45) is 0 Å². The summed E-state index contributed by atoms with van der Waals surface area (Å²) < 4.78 is 26.5. The topological polar surface area (TPSA) is 20.2 Å². The molecule has 0 bridgehead atoms. The standard InChI is InChI=1S/C12H8BClF2O/c14-9-4-5-11(12(16)7-9)13(17)8-2-1-3-10(15)6-8/h1-7,17H. The van der Waals surface area contributed by atoms with Gasteiger partial charge in [-0.25, -0.2) is 8.78 Å². The van der Waals surface area contributed by atoms with Crippen molar-refractivity contribution in [1.82, 2.24) is 0 Å². The number of halogens is 3. The number of rotatable bonds is 2. The average molecular weight is 252 g/mol. The lowest BCUT2D eigenvalue weighted by Crippen LogP contribution is -2.44. The van der Waals surface area contributed by atoms with Crippen molar-refractivity contribution in [2.45, 2.75) is 0 Å². The van der Waals surface area contributed by atoms with E-state index in [1.54, 1.807) is 0 Å². The Hall–Kier alpha value is -1.39. The second-order valence-electron chi connectivity index (χ2n) is 3.62. The van der Waals surface area contributed by atoms with Gasteiger partial charge in [-0.15, -0.1) is 0 Å². The predicted octanol–water partition coefficient (Wildman–Crippen LogP) is 1.72. The maximum absolute atomic E-state index is 13.5. The quantitative estimate of drug-likeness (QED) is 0.807. The largest absolute Gasteiger partial charge is 0.443 e. The predicted molar refractivity (Wildman–Crippen MR) is 65.1 cm³/mol. The minimum absolute atomic E-state index is 0.0694. The molecule has 0 fully saturated rings. The van der Waals surface area contributed by atoms with Gasteiger partial charge in [0.05, 0.1) is 0 Å². The van der Waals surface area contributed by atoms with Crippen molar-refractivity contribution in [1.29, 1.82) is 0 Å². The van der Waals surface area contributed by atoms with Crippen LogP contribution in [0, 0.1) is 11.6 Å². The van der Waals surface area contributed by atoms with E-state index >= 15 is 0 Å². The van der Waals surface area contributed by atoms with Gasteiger partial charge in [0, 0.05) is 5.02 Å². The van der Waals surface area contributed by atoms with Crippen LogP contribution in [-0.2, 0) is 0 Å². The molecule has 2 aromatic rings. The van der Waals surface area contributed by atoms with E-state index in [1.807, 2.05) is 0 Å². The van der Waals surface area contributed by atoms with Gasteiger partial charge in [-0.3, -0.25) is 0 Å². The fourth-order valence-corrected chi connectivity index (χ4v) is 1.74. The van der Waals surface area contributed by atoms with Crippen LogP contribution in [0.25, 0.3) is 0 Å². The van der Waals surface area contributed by atoms with Gasteiger partial charge in [-0.2, -0.15) is 0 Å². The van der Waals surface area contributed by atoms with Gasteiger partial charge in [0.25, 0.3) is 0 Å². The van der Waals surface area contributed by atoms with Gasteiger partial charge in [0.1, 0.15) is 11.6 Å². The zero-order valence-electron chi connectivity index (χ0n) is 8.70. The first kappa shape index (κ1) is 12.1. The SMILES string of the molecule is OB(c1cccc(F)c1)c1ccc(Cl)cc1F. The van der Waals surface area contributed by atoms with Crippen molar-refractivity contribution < 1.29 is 13.8 Å². The second-order valence-corrected chi connectivity index (χ2v) is 4.06. The average Bonchev–Trinajstić information content (AvgIpc) is 2.28. The fraction of sp³-hybridized carbons (Fsp3) is 0. The summed E-state index contributed by atoms with van der Waals surface area (Å²) in [6.45, 7) is -1.21. The lowest BCUT2D eigenvalue weighted by atomic mass is 9.56. The number of hydrogen-bond donors (Lipinski definition) is 1. The molecular formula is C12H8BClF2O. The van der Waals surface area contributed by atoms with Crippen LogP contribution >= 0.6 is 11.6 Å². The van der Waals surface area contributed by atoms with Crippen LogP contribution in [0.5, 0.6) is 0 Å². The number of hydrogen-bond acceptors (Lipinski definition) is 1. The van der Waals surface area contributed by atoms with Crippen molar-refractivity contribution in [2.75, 3.05) is 0 Å². The molecule has 1 nitrogen and oxygen atoms in total. The summed E-state index contributed by atoms with van der Waals surface area (Å²) in [6.07, 6.45) is 0. The maximum Gasteiger partial charge on any atom is 0.362 e. The minimum atomic E-state index is -1.21. The van der Waals surface area contributed by atoms with E-state index in [9.17, 15) is 13.8 Å². The molecule has 86 valence electrons. The first-order valence-electron chi connectivity index (χ1n) is 4.96. The van der Waals surface area contributed by atoms with Crippen molar-refractivity contribution in [3.05, 3.63) is 59.1 Å². The monoisotopic (exact) mass is 252 g/mol. The first-order valence-corrected chi connectivity index (χ1v) is 5.34. The van der Waals surface area contributed by atoms with Crippen molar-refractivity contribution in [3.63, 3.8) is 0 Å². The summed E-state index contributed by atoms with van der Waals surface area (Å²) in [5, 5.41) is 10.2. The molecule has 0 unspecified atom stereocenters. The Bertz CT molecular complexity index is 548. The van der Waals surface area contributed by atoms with E-state index in [0.29, 0.717) is 5.46 Å². The van der Waals surface area contributed by atoms with Crippen LogP contribution in [0.15, 0.2) is 42.5 Å². The molecule has 0 atom stereocenters. The maximum atomic E-state index is 13.5. The molecule has 0 saturated carbocycles. The summed E-state index contributed by atoms with van der Waals surface area (Å²) in [4.78, 5) is 0. The van der Waals surface area contributed by atoms with Crippen LogP contribution in [-0.4, -0.2) is 11.9 Å². The van der Waals surface area contributed by atoms with Gasteiger partial charge >= 0.3 is 6.92 Å². The van der Waals surface area contributed by atoms with Crippen LogP contribution in [0.2, 0.25) is 5.02 Å². The molecule has 17 heavy (non-hydrogen) atoms. The zero-order chi connectivity index (χ0) is 12.4. The molecule has 5 heteroatoms. The molecule has 1 N–H and O–H groups in total. The van der Waals surface area contributed by atoms with Gasteiger partial charge in [-0.05, 0) is 35.2 Å². The Morgan fingerprint density at radius 1 is 1.06 bits per heavy atom. The zero-order valence-corrected chi connectivity index (χ0v) is 9.46. The van der Waals surface area contributed by atoms with E-state index in [4.69, 9.17) is 11.6 Å². The Morgan fingerprint density at radius 3 is 2.47 bits per heavy atom. The van der Waals surface area contributed by atoms with Gasteiger partial charge in [0.15, 0.2) is 0 Å². The van der Waals surface area contributed by atoms with E-state index in [1.165, 1.54) is 36.4 Å². The van der Waals surface area contributed by atoms with Crippen molar-refractivity contribution >= 4 is 29.4 Å². The highest BCUT2D eigenvalue weighted by molar-refractivity contribution is 6.79. The van der Waals surface area contributed by atoms with Gasteiger partial charge in [0.2, 0.25) is 0 Å². The van der Waals surface area contributed by atoms with Crippen molar-refractivity contribution in [3.8, 4) is 0 Å². The molecule has 0 saturated heterocycles. The fourth-order valence-electron chi connectivity index (χ4n) is 1.58. The van der Waals surface area contributed by atoms with E-state index in [-0.39, 0.29) is 10.5 Å².